The van der Waals surface area contributed by atoms with Gasteiger partial charge >= 0.3 is 6.18 Å². The van der Waals surface area contributed by atoms with Crippen molar-refractivity contribution in [2.24, 2.45) is 0 Å². The second kappa shape index (κ2) is 9.96. The molecule has 0 unspecified atom stereocenters. The molecule has 0 fully saturated rings. The third-order valence-electron chi connectivity index (χ3n) is 4.80. The fraction of sp³-hybridized carbons (Fsp3) is 0.261. The lowest BCUT2D eigenvalue weighted by Crippen LogP contribution is -2.08. The largest absolute Gasteiger partial charge is 0.486 e. The summed E-state index contributed by atoms with van der Waals surface area (Å²) < 4.78 is 46.2. The van der Waals surface area contributed by atoms with Crippen molar-refractivity contribution in [1.29, 1.82) is 0 Å². The van der Waals surface area contributed by atoms with Crippen molar-refractivity contribution >= 4 is 23.1 Å². The van der Waals surface area contributed by atoms with Gasteiger partial charge in [-0.25, -0.2) is 4.98 Å². The summed E-state index contributed by atoms with van der Waals surface area (Å²) in [5, 5.41) is 12.1. The van der Waals surface area contributed by atoms with E-state index in [0.29, 0.717) is 23.3 Å². The number of aromatic nitrogens is 4. The van der Waals surface area contributed by atoms with E-state index in [0.717, 1.165) is 28.4 Å². The summed E-state index contributed by atoms with van der Waals surface area (Å²) in [7, 11) is 0. The Hall–Kier alpha value is -2.85. The SMILES string of the molecule is CCn1c(COc2cccc(C(F)(F)F)c2)nnc1SCc1csc(-c2cccc(C)c2)n1. The maximum atomic E-state index is 12.9. The van der Waals surface area contributed by atoms with Crippen molar-refractivity contribution in [1.82, 2.24) is 19.7 Å². The van der Waals surface area contributed by atoms with Gasteiger partial charge in [-0.2, -0.15) is 13.2 Å². The summed E-state index contributed by atoms with van der Waals surface area (Å²) in [4.78, 5) is 4.73. The van der Waals surface area contributed by atoms with E-state index in [4.69, 9.17) is 9.72 Å². The number of nitrogens with zero attached hydrogens (tertiary/aromatic N) is 4. The van der Waals surface area contributed by atoms with E-state index in [2.05, 4.69) is 29.3 Å². The lowest BCUT2D eigenvalue weighted by molar-refractivity contribution is -0.137. The highest BCUT2D eigenvalue weighted by Crippen LogP contribution is 2.32. The Bertz CT molecular complexity index is 1240. The quantitative estimate of drug-likeness (QED) is 0.260. The average molecular weight is 491 g/mol. The minimum Gasteiger partial charge on any atom is -0.486 e. The Morgan fingerprint density at radius 1 is 1.09 bits per heavy atom. The third-order valence-corrected chi connectivity index (χ3v) is 6.75. The van der Waals surface area contributed by atoms with Crippen LogP contribution < -0.4 is 4.74 Å². The van der Waals surface area contributed by atoms with Crippen LogP contribution in [0.5, 0.6) is 5.75 Å². The number of thioether (sulfide) groups is 1. The second-order valence-electron chi connectivity index (χ2n) is 7.26. The minimum absolute atomic E-state index is 0.0247. The van der Waals surface area contributed by atoms with E-state index < -0.39 is 11.7 Å². The van der Waals surface area contributed by atoms with E-state index >= 15 is 0 Å². The molecular formula is C23H21F3N4OS2. The molecule has 0 amide bonds. The average Bonchev–Trinajstić information content (AvgIpc) is 3.42. The molecule has 4 aromatic rings. The molecular weight excluding hydrogens is 469 g/mol. The summed E-state index contributed by atoms with van der Waals surface area (Å²) in [5.74, 6) is 1.32. The van der Waals surface area contributed by atoms with Gasteiger partial charge in [0, 0.05) is 23.2 Å². The molecule has 172 valence electrons. The molecule has 0 atom stereocenters. The first-order chi connectivity index (χ1) is 15.8. The van der Waals surface area contributed by atoms with Gasteiger partial charge in [0.1, 0.15) is 17.4 Å². The van der Waals surface area contributed by atoms with Gasteiger partial charge in [0.15, 0.2) is 11.0 Å². The standard InChI is InChI=1S/C23H21F3N4OS2/c1-3-30-20(12-31-19-9-5-8-17(11-19)23(24,25)26)28-29-22(30)33-14-18-13-32-21(27-18)16-7-4-6-15(2)10-16/h4-11,13H,3,12,14H2,1-2H3. The lowest BCUT2D eigenvalue weighted by Gasteiger charge is -2.11. The molecule has 10 heteroatoms. The zero-order chi connectivity index (χ0) is 23.4. The van der Waals surface area contributed by atoms with Gasteiger partial charge in [0.05, 0.1) is 11.3 Å². The topological polar surface area (TPSA) is 52.8 Å². The molecule has 0 radical (unpaired) electrons. The molecule has 0 saturated heterocycles. The summed E-state index contributed by atoms with van der Waals surface area (Å²) in [6.07, 6.45) is -4.42. The molecule has 0 spiro atoms. The number of halogens is 3. The number of aryl methyl sites for hydroxylation is 1. The monoisotopic (exact) mass is 490 g/mol. The van der Waals surface area contributed by atoms with E-state index in [9.17, 15) is 13.2 Å². The van der Waals surface area contributed by atoms with Crippen molar-refractivity contribution in [3.63, 3.8) is 0 Å². The third kappa shape index (κ3) is 5.75. The zero-order valence-corrected chi connectivity index (χ0v) is 19.6. The Labute approximate surface area is 197 Å². The normalized spacial score (nSPS) is 11.7. The number of rotatable bonds is 8. The first-order valence-corrected chi connectivity index (χ1v) is 12.1. The Morgan fingerprint density at radius 3 is 2.67 bits per heavy atom. The fourth-order valence-electron chi connectivity index (χ4n) is 3.18. The molecule has 0 aliphatic heterocycles. The Kier molecular flexibility index (Phi) is 7.04. The minimum atomic E-state index is -4.42. The van der Waals surface area contributed by atoms with E-state index in [1.807, 2.05) is 29.0 Å². The number of thiazole rings is 1. The van der Waals surface area contributed by atoms with Crippen molar-refractivity contribution in [2.75, 3.05) is 0 Å². The summed E-state index contributed by atoms with van der Waals surface area (Å²) in [6.45, 7) is 4.65. The first kappa shape index (κ1) is 23.3. The maximum Gasteiger partial charge on any atom is 0.416 e. The number of ether oxygens (including phenoxy) is 1. The molecule has 5 nitrogen and oxygen atoms in total. The van der Waals surface area contributed by atoms with Crippen LogP contribution in [0.25, 0.3) is 10.6 Å². The number of hydrogen-bond donors (Lipinski definition) is 0. The molecule has 2 aromatic carbocycles. The van der Waals surface area contributed by atoms with Gasteiger partial charge in [0.2, 0.25) is 0 Å². The fourth-order valence-corrected chi connectivity index (χ4v) is 5.02. The molecule has 2 aromatic heterocycles. The highest BCUT2D eigenvalue weighted by atomic mass is 32.2. The lowest BCUT2D eigenvalue weighted by atomic mass is 10.1. The smallest absolute Gasteiger partial charge is 0.416 e. The molecule has 4 rings (SSSR count). The predicted octanol–water partition coefficient (Wildman–Crippen LogP) is 6.62. The molecule has 0 N–H and O–H groups in total. The van der Waals surface area contributed by atoms with E-state index in [1.165, 1.54) is 29.5 Å². The summed E-state index contributed by atoms with van der Waals surface area (Å²) in [5.41, 5.74) is 2.49. The number of hydrogen-bond acceptors (Lipinski definition) is 6. The van der Waals surface area contributed by atoms with E-state index in [-0.39, 0.29) is 12.4 Å². The van der Waals surface area contributed by atoms with Crippen LogP contribution in [0.2, 0.25) is 0 Å². The first-order valence-electron chi connectivity index (χ1n) is 10.2. The van der Waals surface area contributed by atoms with Crippen LogP contribution in [-0.2, 0) is 25.1 Å². The van der Waals surface area contributed by atoms with Crippen LogP contribution in [0.3, 0.4) is 0 Å². The summed E-state index contributed by atoms with van der Waals surface area (Å²) >= 11 is 3.12. The van der Waals surface area contributed by atoms with Gasteiger partial charge in [-0.3, -0.25) is 0 Å². The van der Waals surface area contributed by atoms with Crippen molar-refractivity contribution < 1.29 is 17.9 Å². The number of benzene rings is 2. The number of alkyl halides is 3. The molecule has 0 saturated carbocycles. The second-order valence-corrected chi connectivity index (χ2v) is 9.06. The molecule has 0 aliphatic carbocycles. The van der Waals surface area contributed by atoms with Gasteiger partial charge in [-0.1, -0.05) is 41.6 Å². The van der Waals surface area contributed by atoms with Crippen molar-refractivity contribution in [3.05, 3.63) is 76.6 Å². The maximum absolute atomic E-state index is 12.9. The van der Waals surface area contributed by atoms with Crippen LogP contribution >= 0.6 is 23.1 Å². The van der Waals surface area contributed by atoms with Crippen molar-refractivity contribution in [2.45, 2.75) is 44.1 Å². The van der Waals surface area contributed by atoms with Gasteiger partial charge in [0.25, 0.3) is 0 Å². The van der Waals surface area contributed by atoms with Crippen LogP contribution in [-0.4, -0.2) is 19.7 Å². The van der Waals surface area contributed by atoms with Crippen LogP contribution in [0.1, 0.15) is 29.6 Å². The predicted molar refractivity (Wildman–Crippen MR) is 123 cm³/mol. The molecule has 0 aliphatic rings. The van der Waals surface area contributed by atoms with Crippen LogP contribution in [0.4, 0.5) is 13.2 Å². The molecule has 2 heterocycles. The Morgan fingerprint density at radius 2 is 1.91 bits per heavy atom. The van der Waals surface area contributed by atoms with E-state index in [1.54, 1.807) is 11.3 Å². The highest BCUT2D eigenvalue weighted by molar-refractivity contribution is 7.98. The molecule has 33 heavy (non-hydrogen) atoms. The molecule has 0 bridgehead atoms. The summed E-state index contributed by atoms with van der Waals surface area (Å²) in [6, 6.07) is 13.0. The van der Waals surface area contributed by atoms with Crippen LogP contribution in [0.15, 0.2) is 59.1 Å². The van der Waals surface area contributed by atoms with Gasteiger partial charge in [-0.05, 0) is 38.1 Å². The zero-order valence-electron chi connectivity index (χ0n) is 18.0. The van der Waals surface area contributed by atoms with Gasteiger partial charge in [-0.15, -0.1) is 21.5 Å². The van der Waals surface area contributed by atoms with Crippen LogP contribution in [0, 0.1) is 6.92 Å². The highest BCUT2D eigenvalue weighted by Gasteiger charge is 2.30. The van der Waals surface area contributed by atoms with Crippen molar-refractivity contribution in [3.8, 4) is 16.3 Å². The Balaban J connectivity index is 1.40. The van der Waals surface area contributed by atoms with Gasteiger partial charge < -0.3 is 9.30 Å².